The molecule has 0 fully saturated rings. The normalized spacial score (nSPS) is 11.6. The van der Waals surface area contributed by atoms with Gasteiger partial charge in [-0.25, -0.2) is 13.4 Å². The molecule has 2 rings (SSSR count). The summed E-state index contributed by atoms with van der Waals surface area (Å²) in [7, 11) is -3.33. The monoisotopic (exact) mass is 367 g/mol. The van der Waals surface area contributed by atoms with Crippen LogP contribution >= 0.6 is 0 Å². The molecule has 0 spiro atoms. The number of hydrogen-bond acceptors (Lipinski definition) is 5. The third kappa shape index (κ3) is 5.02. The van der Waals surface area contributed by atoms with Crippen molar-refractivity contribution < 1.29 is 23.1 Å². The third-order valence-corrected chi connectivity index (χ3v) is 4.37. The second kappa shape index (κ2) is 7.64. The molecule has 1 heterocycles. The summed E-state index contributed by atoms with van der Waals surface area (Å²) in [5.41, 5.74) is 1.23. The molecule has 1 amide bonds. The topological polar surface area (TPSA) is 110 Å². The quantitative estimate of drug-likeness (QED) is 0.742. The third-order valence-electron chi connectivity index (χ3n) is 3.59. The van der Waals surface area contributed by atoms with Gasteiger partial charge in [0.1, 0.15) is 24.7 Å². The molecule has 0 saturated carbocycles. The van der Waals surface area contributed by atoms with Gasteiger partial charge in [-0.2, -0.15) is 0 Å². The molecule has 1 aromatic carbocycles. The maximum absolute atomic E-state index is 12.6. The number of nitrogens with zero attached hydrogens (tertiary/aromatic N) is 3. The average molecular weight is 367 g/mol. The molecule has 0 aliphatic rings. The van der Waals surface area contributed by atoms with Crippen molar-refractivity contribution in [2.75, 3.05) is 19.3 Å². The van der Waals surface area contributed by atoms with Gasteiger partial charge in [0.05, 0.1) is 11.0 Å². The summed E-state index contributed by atoms with van der Waals surface area (Å²) in [6, 6.07) is 7.04. The van der Waals surface area contributed by atoms with Crippen molar-refractivity contribution >= 4 is 32.7 Å². The van der Waals surface area contributed by atoms with Crippen LogP contribution in [0.15, 0.2) is 24.3 Å². The number of carbonyl (C=O) groups excluding carboxylic acids is 1. The second-order valence-electron chi connectivity index (χ2n) is 5.88. The number of aromatic nitrogens is 2. The molecule has 0 unspecified atom stereocenters. The van der Waals surface area contributed by atoms with E-state index in [0.29, 0.717) is 24.0 Å². The standard InChI is InChI=1S/C16H21N3O5S/c1-3-8-18(10-16(21)22)15(20)9-19-13-7-5-4-6-12(13)17-14(19)11-25(2,23)24/h4-7H,3,8-11H2,1-2H3,(H,21,22). The van der Waals surface area contributed by atoms with Crippen LogP contribution in [0.3, 0.4) is 0 Å². The molecule has 0 radical (unpaired) electrons. The van der Waals surface area contributed by atoms with E-state index in [9.17, 15) is 18.0 Å². The van der Waals surface area contributed by atoms with Gasteiger partial charge in [-0.15, -0.1) is 0 Å². The van der Waals surface area contributed by atoms with Crippen LogP contribution in [-0.4, -0.2) is 59.2 Å². The SMILES string of the molecule is CCCN(CC(=O)O)C(=O)Cn1c(CS(C)(=O)=O)nc2ccccc21. The summed E-state index contributed by atoms with van der Waals surface area (Å²) in [4.78, 5) is 29.1. The van der Waals surface area contributed by atoms with Crippen LogP contribution in [0.5, 0.6) is 0 Å². The first-order valence-electron chi connectivity index (χ1n) is 7.82. The van der Waals surface area contributed by atoms with Gasteiger partial charge in [0.25, 0.3) is 0 Å². The highest BCUT2D eigenvalue weighted by Crippen LogP contribution is 2.18. The number of carbonyl (C=O) groups is 2. The molecule has 25 heavy (non-hydrogen) atoms. The van der Waals surface area contributed by atoms with E-state index >= 15 is 0 Å². The van der Waals surface area contributed by atoms with E-state index in [-0.39, 0.29) is 30.6 Å². The van der Waals surface area contributed by atoms with Crippen LogP contribution in [0.2, 0.25) is 0 Å². The summed E-state index contributed by atoms with van der Waals surface area (Å²) in [5, 5.41) is 8.97. The zero-order valence-electron chi connectivity index (χ0n) is 14.2. The lowest BCUT2D eigenvalue weighted by Crippen LogP contribution is -2.38. The zero-order chi connectivity index (χ0) is 18.6. The van der Waals surface area contributed by atoms with E-state index in [4.69, 9.17) is 5.11 Å². The number of carboxylic acids is 1. The molecule has 8 nitrogen and oxygen atoms in total. The minimum absolute atomic E-state index is 0.154. The molecule has 9 heteroatoms. The van der Waals surface area contributed by atoms with Crippen molar-refractivity contribution in [3.05, 3.63) is 30.1 Å². The number of rotatable bonds is 8. The lowest BCUT2D eigenvalue weighted by Gasteiger charge is -2.21. The number of carboxylic acid groups (broad SMARTS) is 1. The van der Waals surface area contributed by atoms with Crippen molar-refractivity contribution in [1.82, 2.24) is 14.5 Å². The number of imidazole rings is 1. The van der Waals surface area contributed by atoms with E-state index in [0.717, 1.165) is 6.26 Å². The Morgan fingerprint density at radius 3 is 2.56 bits per heavy atom. The molecule has 0 aliphatic heterocycles. The van der Waals surface area contributed by atoms with Gasteiger partial charge in [0.15, 0.2) is 9.84 Å². The Kier molecular flexibility index (Phi) is 5.78. The fraction of sp³-hybridized carbons (Fsp3) is 0.438. The first-order chi connectivity index (χ1) is 11.7. The van der Waals surface area contributed by atoms with E-state index in [1.165, 1.54) is 4.90 Å². The van der Waals surface area contributed by atoms with Crippen molar-refractivity contribution in [2.24, 2.45) is 0 Å². The number of hydrogen-bond donors (Lipinski definition) is 1. The minimum atomic E-state index is -3.33. The van der Waals surface area contributed by atoms with Gasteiger partial charge in [-0.05, 0) is 18.6 Å². The Morgan fingerprint density at radius 2 is 1.96 bits per heavy atom. The Labute approximate surface area is 146 Å². The number of sulfone groups is 1. The molecule has 0 atom stereocenters. The van der Waals surface area contributed by atoms with E-state index in [1.54, 1.807) is 28.8 Å². The maximum atomic E-state index is 12.6. The van der Waals surface area contributed by atoms with Gasteiger partial charge >= 0.3 is 5.97 Å². The first-order valence-corrected chi connectivity index (χ1v) is 9.88. The largest absolute Gasteiger partial charge is 0.480 e. The molecule has 0 aliphatic carbocycles. The van der Waals surface area contributed by atoms with Crippen molar-refractivity contribution in [3.8, 4) is 0 Å². The van der Waals surface area contributed by atoms with Gasteiger partial charge in [-0.1, -0.05) is 19.1 Å². The maximum Gasteiger partial charge on any atom is 0.323 e. The molecular weight excluding hydrogens is 346 g/mol. The fourth-order valence-corrected chi connectivity index (χ4v) is 3.30. The predicted octanol–water partition coefficient (Wildman–Crippen LogP) is 0.904. The summed E-state index contributed by atoms with van der Waals surface area (Å²) < 4.78 is 24.9. The number of fused-ring (bicyclic) bond motifs is 1. The number of benzene rings is 1. The van der Waals surface area contributed by atoms with Crippen LogP contribution in [0.4, 0.5) is 0 Å². The number of para-hydroxylation sites is 2. The summed E-state index contributed by atoms with van der Waals surface area (Å²) in [6.07, 6.45) is 1.73. The van der Waals surface area contributed by atoms with Gasteiger partial charge in [-0.3, -0.25) is 9.59 Å². The van der Waals surface area contributed by atoms with Crippen LogP contribution in [0.25, 0.3) is 11.0 Å². The molecule has 0 saturated heterocycles. The van der Waals surface area contributed by atoms with E-state index in [2.05, 4.69) is 4.98 Å². The van der Waals surface area contributed by atoms with Crippen molar-refractivity contribution in [3.63, 3.8) is 0 Å². The average Bonchev–Trinajstić information content (AvgIpc) is 2.82. The highest BCUT2D eigenvalue weighted by Gasteiger charge is 2.21. The first kappa shape index (κ1) is 18.9. The predicted molar refractivity (Wildman–Crippen MR) is 92.8 cm³/mol. The van der Waals surface area contributed by atoms with Crippen LogP contribution < -0.4 is 0 Å². The lowest BCUT2D eigenvalue weighted by molar-refractivity contribution is -0.144. The summed E-state index contributed by atoms with van der Waals surface area (Å²) in [6.45, 7) is 1.63. The number of aliphatic carboxylic acids is 1. The Bertz CT molecular complexity index is 888. The van der Waals surface area contributed by atoms with Crippen molar-refractivity contribution in [1.29, 1.82) is 0 Å². The lowest BCUT2D eigenvalue weighted by atomic mass is 10.3. The zero-order valence-corrected chi connectivity index (χ0v) is 15.0. The van der Waals surface area contributed by atoms with Crippen LogP contribution in [-0.2, 0) is 31.7 Å². The van der Waals surface area contributed by atoms with Crippen LogP contribution in [0, 0.1) is 0 Å². The number of amides is 1. The van der Waals surface area contributed by atoms with Gasteiger partial charge in [0.2, 0.25) is 5.91 Å². The Hall–Kier alpha value is -2.42. The summed E-state index contributed by atoms with van der Waals surface area (Å²) >= 11 is 0. The van der Waals surface area contributed by atoms with E-state index in [1.807, 2.05) is 6.92 Å². The molecule has 136 valence electrons. The molecule has 2 aromatic rings. The van der Waals surface area contributed by atoms with Crippen LogP contribution in [0.1, 0.15) is 19.2 Å². The van der Waals surface area contributed by atoms with E-state index < -0.39 is 15.8 Å². The summed E-state index contributed by atoms with van der Waals surface area (Å²) in [5.74, 6) is -1.50. The fourth-order valence-electron chi connectivity index (χ4n) is 2.61. The minimum Gasteiger partial charge on any atom is -0.480 e. The van der Waals surface area contributed by atoms with Gasteiger partial charge < -0.3 is 14.6 Å². The molecule has 1 N–H and O–H groups in total. The Morgan fingerprint density at radius 1 is 1.28 bits per heavy atom. The molecular formula is C16H21N3O5S. The molecule has 1 aromatic heterocycles. The van der Waals surface area contributed by atoms with Crippen molar-refractivity contribution in [2.45, 2.75) is 25.6 Å². The smallest absolute Gasteiger partial charge is 0.323 e. The highest BCUT2D eigenvalue weighted by atomic mass is 32.2. The second-order valence-corrected chi connectivity index (χ2v) is 8.02. The highest BCUT2D eigenvalue weighted by molar-refractivity contribution is 7.89. The van der Waals surface area contributed by atoms with Gasteiger partial charge in [0, 0.05) is 12.8 Å². The Balaban J connectivity index is 2.39. The molecule has 0 bridgehead atoms.